The Morgan fingerprint density at radius 1 is 0.938 bits per heavy atom. The summed E-state index contributed by atoms with van der Waals surface area (Å²) in [6, 6.07) is 0. The zero-order chi connectivity index (χ0) is 12.3. The van der Waals surface area contributed by atoms with Crippen molar-refractivity contribution in [3.05, 3.63) is 0 Å². The third-order valence-electron chi connectivity index (χ3n) is 2.43. The third kappa shape index (κ3) is 5.33. The van der Waals surface area contributed by atoms with Crippen LogP contribution in [0.1, 0.15) is 26.2 Å². The highest BCUT2D eigenvalue weighted by Crippen LogP contribution is 2.24. The summed E-state index contributed by atoms with van der Waals surface area (Å²) in [6.45, 7) is 3.18. The lowest BCUT2D eigenvalue weighted by Crippen LogP contribution is -2.34. The molecule has 0 aliphatic carbocycles. The van der Waals surface area contributed by atoms with Crippen LogP contribution >= 0.6 is 0 Å². The third-order valence-corrected chi connectivity index (χ3v) is 2.43. The Hall–Kier alpha value is -1.59. The van der Waals surface area contributed by atoms with E-state index in [1.165, 1.54) is 0 Å². The van der Waals surface area contributed by atoms with Gasteiger partial charge in [0.25, 0.3) is 19.4 Å². The van der Waals surface area contributed by atoms with Gasteiger partial charge < -0.3 is 14.2 Å². The van der Waals surface area contributed by atoms with Crippen LogP contribution in [0.4, 0.5) is 0 Å². The van der Waals surface area contributed by atoms with E-state index in [2.05, 4.69) is 9.47 Å². The molecule has 0 atom stereocenters. The molecule has 0 saturated heterocycles. The number of rotatable bonds is 11. The molecule has 0 bridgehead atoms. The Labute approximate surface area is 93.8 Å². The van der Waals surface area contributed by atoms with Crippen molar-refractivity contribution in [2.45, 2.75) is 31.8 Å². The summed E-state index contributed by atoms with van der Waals surface area (Å²) < 4.78 is 14.1. The lowest BCUT2D eigenvalue weighted by atomic mass is 9.93. The first kappa shape index (κ1) is 14.4. The van der Waals surface area contributed by atoms with Crippen LogP contribution in [0.5, 0.6) is 0 Å². The van der Waals surface area contributed by atoms with Gasteiger partial charge in [-0.3, -0.25) is 14.4 Å². The normalized spacial score (nSPS) is 10.3. The summed E-state index contributed by atoms with van der Waals surface area (Å²) in [7, 11) is 0. The van der Waals surface area contributed by atoms with Crippen LogP contribution in [-0.4, -0.2) is 38.2 Å². The molecule has 0 rings (SSSR count). The van der Waals surface area contributed by atoms with Crippen LogP contribution in [0, 0.1) is 0 Å². The van der Waals surface area contributed by atoms with Crippen molar-refractivity contribution in [1.82, 2.24) is 0 Å². The predicted octanol–water partition coefficient (Wildman–Crippen LogP) is 0.434. The average Bonchev–Trinajstić information content (AvgIpc) is 2.29. The summed E-state index contributed by atoms with van der Waals surface area (Å²) >= 11 is 0. The highest BCUT2D eigenvalue weighted by Gasteiger charge is 2.29. The standard InChI is InChI=1S/C10H16O6/c1-2-10(16-9-13,3-5-14-7-11)4-6-15-8-12/h7-9H,2-6H2,1H3. The van der Waals surface area contributed by atoms with Crippen LogP contribution in [0.3, 0.4) is 0 Å². The molecule has 0 spiro atoms. The monoisotopic (exact) mass is 232 g/mol. The molecule has 0 aliphatic rings. The van der Waals surface area contributed by atoms with Gasteiger partial charge in [-0.05, 0) is 6.42 Å². The molecule has 0 N–H and O–H groups in total. The SMILES string of the molecule is CCC(CCOC=O)(CCOC=O)OC=O. The van der Waals surface area contributed by atoms with Gasteiger partial charge in [-0.2, -0.15) is 0 Å². The Morgan fingerprint density at radius 2 is 1.44 bits per heavy atom. The van der Waals surface area contributed by atoms with Crippen molar-refractivity contribution in [1.29, 1.82) is 0 Å². The first-order valence-corrected chi connectivity index (χ1v) is 4.96. The van der Waals surface area contributed by atoms with Crippen molar-refractivity contribution in [2.24, 2.45) is 0 Å². The molecule has 0 aliphatic heterocycles. The molecule has 92 valence electrons. The zero-order valence-corrected chi connectivity index (χ0v) is 9.22. The summed E-state index contributed by atoms with van der Waals surface area (Å²) in [5.41, 5.74) is -0.742. The molecule has 0 fully saturated rings. The smallest absolute Gasteiger partial charge is 0.293 e. The van der Waals surface area contributed by atoms with E-state index in [0.717, 1.165) is 0 Å². The second kappa shape index (κ2) is 8.70. The molecule has 0 amide bonds. The average molecular weight is 232 g/mol. The van der Waals surface area contributed by atoms with Gasteiger partial charge in [0.05, 0.1) is 13.2 Å². The second-order valence-electron chi connectivity index (χ2n) is 3.18. The molecule has 6 nitrogen and oxygen atoms in total. The topological polar surface area (TPSA) is 78.9 Å². The fourth-order valence-corrected chi connectivity index (χ4v) is 1.37. The number of carbonyl (C=O) groups is 3. The van der Waals surface area contributed by atoms with E-state index in [0.29, 0.717) is 38.7 Å². The zero-order valence-electron chi connectivity index (χ0n) is 9.22. The molecular formula is C10H16O6. The highest BCUT2D eigenvalue weighted by molar-refractivity contribution is 5.39. The predicted molar refractivity (Wildman–Crippen MR) is 53.4 cm³/mol. The minimum atomic E-state index is -0.742. The van der Waals surface area contributed by atoms with Crippen LogP contribution in [0.25, 0.3) is 0 Å². The molecule has 16 heavy (non-hydrogen) atoms. The van der Waals surface area contributed by atoms with Gasteiger partial charge in [-0.1, -0.05) is 6.92 Å². The maximum absolute atomic E-state index is 10.4. The summed E-state index contributed by atoms with van der Waals surface area (Å²) in [6.07, 6.45) is 1.31. The van der Waals surface area contributed by atoms with Crippen molar-refractivity contribution in [3.63, 3.8) is 0 Å². The Kier molecular flexibility index (Phi) is 7.83. The molecule has 0 heterocycles. The second-order valence-corrected chi connectivity index (χ2v) is 3.18. The van der Waals surface area contributed by atoms with Gasteiger partial charge in [0.1, 0.15) is 5.60 Å². The fourth-order valence-electron chi connectivity index (χ4n) is 1.37. The number of carbonyl (C=O) groups excluding carboxylic acids is 3. The molecule has 0 saturated carbocycles. The molecule has 0 aromatic heterocycles. The Bertz CT molecular complexity index is 201. The Balaban J connectivity index is 4.24. The van der Waals surface area contributed by atoms with Gasteiger partial charge in [0, 0.05) is 12.8 Å². The minimum Gasteiger partial charge on any atom is -0.468 e. The van der Waals surface area contributed by atoms with Crippen molar-refractivity contribution >= 4 is 19.4 Å². The van der Waals surface area contributed by atoms with Gasteiger partial charge in [-0.25, -0.2) is 0 Å². The lowest BCUT2D eigenvalue weighted by molar-refractivity contribution is -0.150. The van der Waals surface area contributed by atoms with Crippen LogP contribution < -0.4 is 0 Å². The first-order chi connectivity index (χ1) is 7.74. The van der Waals surface area contributed by atoms with E-state index in [4.69, 9.17) is 4.74 Å². The van der Waals surface area contributed by atoms with E-state index in [1.807, 2.05) is 6.92 Å². The number of ether oxygens (including phenoxy) is 3. The molecule has 0 aromatic carbocycles. The van der Waals surface area contributed by atoms with Crippen molar-refractivity contribution < 1.29 is 28.6 Å². The van der Waals surface area contributed by atoms with E-state index >= 15 is 0 Å². The maximum atomic E-state index is 10.4. The highest BCUT2D eigenvalue weighted by atomic mass is 16.6. The van der Waals surface area contributed by atoms with Crippen molar-refractivity contribution in [3.8, 4) is 0 Å². The van der Waals surface area contributed by atoms with Crippen LogP contribution in [0.15, 0.2) is 0 Å². The van der Waals surface area contributed by atoms with Crippen LogP contribution in [-0.2, 0) is 28.6 Å². The summed E-state index contributed by atoms with van der Waals surface area (Å²) in [5, 5.41) is 0. The quantitative estimate of drug-likeness (QED) is 0.292. The minimum absolute atomic E-state index is 0.159. The molecule has 0 radical (unpaired) electrons. The fraction of sp³-hybridized carbons (Fsp3) is 0.700. The van der Waals surface area contributed by atoms with Crippen LogP contribution in [0.2, 0.25) is 0 Å². The summed E-state index contributed by atoms with van der Waals surface area (Å²) in [4.78, 5) is 30.4. The van der Waals surface area contributed by atoms with E-state index in [-0.39, 0.29) is 13.2 Å². The number of hydrogen-bond donors (Lipinski definition) is 0. The van der Waals surface area contributed by atoms with Crippen molar-refractivity contribution in [2.75, 3.05) is 13.2 Å². The first-order valence-electron chi connectivity index (χ1n) is 4.96. The van der Waals surface area contributed by atoms with Gasteiger partial charge >= 0.3 is 0 Å². The number of hydrogen-bond acceptors (Lipinski definition) is 6. The van der Waals surface area contributed by atoms with Gasteiger partial charge in [0.2, 0.25) is 0 Å². The van der Waals surface area contributed by atoms with E-state index < -0.39 is 5.60 Å². The largest absolute Gasteiger partial charge is 0.468 e. The maximum Gasteiger partial charge on any atom is 0.293 e. The molecular weight excluding hydrogens is 216 g/mol. The van der Waals surface area contributed by atoms with E-state index in [1.54, 1.807) is 0 Å². The molecule has 0 aromatic rings. The van der Waals surface area contributed by atoms with E-state index in [9.17, 15) is 14.4 Å². The Morgan fingerprint density at radius 3 is 1.75 bits per heavy atom. The molecule has 0 unspecified atom stereocenters. The molecule has 6 heteroatoms. The van der Waals surface area contributed by atoms with Gasteiger partial charge in [0.15, 0.2) is 0 Å². The van der Waals surface area contributed by atoms with Gasteiger partial charge in [-0.15, -0.1) is 0 Å². The lowest BCUT2D eigenvalue weighted by Gasteiger charge is -2.30. The summed E-state index contributed by atoms with van der Waals surface area (Å²) in [5.74, 6) is 0.